The molecule has 3 aromatic rings. The van der Waals surface area contributed by atoms with Crippen LogP contribution >= 0.6 is 11.6 Å². The van der Waals surface area contributed by atoms with E-state index in [2.05, 4.69) is 0 Å². The molecule has 32 heavy (non-hydrogen) atoms. The van der Waals surface area contributed by atoms with Crippen LogP contribution in [-0.2, 0) is 11.3 Å². The summed E-state index contributed by atoms with van der Waals surface area (Å²) in [6.07, 6.45) is 2.07. The first-order chi connectivity index (χ1) is 15.4. The lowest BCUT2D eigenvalue weighted by Crippen LogP contribution is -2.35. The molecule has 1 saturated carbocycles. The number of benzene rings is 2. The van der Waals surface area contributed by atoms with Crippen LogP contribution in [0, 0.1) is 12.8 Å². The van der Waals surface area contributed by atoms with Gasteiger partial charge in [-0.1, -0.05) is 31.5 Å². The Morgan fingerprint density at radius 2 is 1.88 bits per heavy atom. The van der Waals surface area contributed by atoms with E-state index in [4.69, 9.17) is 26.2 Å². The van der Waals surface area contributed by atoms with E-state index in [1.54, 1.807) is 11.8 Å². The Hall–Kier alpha value is -2.99. The van der Waals surface area contributed by atoms with Gasteiger partial charge >= 0.3 is 0 Å². The zero-order valence-electron chi connectivity index (χ0n) is 18.8. The summed E-state index contributed by atoms with van der Waals surface area (Å²) in [5.41, 5.74) is 2.50. The summed E-state index contributed by atoms with van der Waals surface area (Å²) in [6.45, 7) is 6.28. The van der Waals surface area contributed by atoms with Gasteiger partial charge in [0.05, 0.1) is 30.6 Å². The SMILES string of the molecule is COc1ccc(Oc2c(CN(C(=O)C(C)C)C3CC3)c(C)nn2-c2cccc(Cl)c2)cc1. The van der Waals surface area contributed by atoms with Crippen LogP contribution in [-0.4, -0.2) is 33.7 Å². The Labute approximate surface area is 193 Å². The maximum Gasteiger partial charge on any atom is 0.227 e. The van der Waals surface area contributed by atoms with E-state index in [1.807, 2.05) is 74.2 Å². The topological polar surface area (TPSA) is 56.6 Å². The van der Waals surface area contributed by atoms with Crippen molar-refractivity contribution < 1.29 is 14.3 Å². The first-order valence-electron chi connectivity index (χ1n) is 10.8. The molecule has 0 atom stereocenters. The van der Waals surface area contributed by atoms with Crippen molar-refractivity contribution in [3.8, 4) is 23.1 Å². The first kappa shape index (κ1) is 22.2. The molecule has 0 saturated heterocycles. The van der Waals surface area contributed by atoms with Gasteiger partial charge in [0.15, 0.2) is 0 Å². The van der Waals surface area contributed by atoms with Gasteiger partial charge in [0.25, 0.3) is 0 Å². The molecule has 7 heteroatoms. The molecule has 1 amide bonds. The predicted molar refractivity (Wildman–Crippen MR) is 125 cm³/mol. The minimum atomic E-state index is -0.0650. The standard InChI is InChI=1S/C25H28ClN3O3/c1-16(2)24(30)28(19-8-9-19)15-23-17(3)27-29(20-7-5-6-18(26)14-20)25(23)32-22-12-10-21(31-4)11-13-22/h5-7,10-14,16,19H,8-9,15H2,1-4H3. The quantitative estimate of drug-likeness (QED) is 0.433. The molecule has 168 valence electrons. The highest BCUT2D eigenvalue weighted by atomic mass is 35.5. The molecule has 0 radical (unpaired) electrons. The summed E-state index contributed by atoms with van der Waals surface area (Å²) in [5.74, 6) is 2.07. The van der Waals surface area contributed by atoms with Gasteiger partial charge in [-0.05, 0) is 62.2 Å². The number of hydrogen-bond donors (Lipinski definition) is 0. The molecule has 1 heterocycles. The maximum absolute atomic E-state index is 12.9. The van der Waals surface area contributed by atoms with Gasteiger partial charge in [0.2, 0.25) is 11.8 Å². The number of amides is 1. The minimum Gasteiger partial charge on any atom is -0.497 e. The van der Waals surface area contributed by atoms with Crippen LogP contribution in [0.4, 0.5) is 0 Å². The third kappa shape index (κ3) is 4.75. The summed E-state index contributed by atoms with van der Waals surface area (Å²) in [5, 5.41) is 5.37. The van der Waals surface area contributed by atoms with Crippen LogP contribution < -0.4 is 9.47 Å². The summed E-state index contributed by atoms with van der Waals surface area (Å²) < 4.78 is 13.4. The number of nitrogens with zero attached hydrogens (tertiary/aromatic N) is 3. The molecule has 2 aromatic carbocycles. The fraction of sp³-hybridized carbons (Fsp3) is 0.360. The van der Waals surface area contributed by atoms with Crippen molar-refractivity contribution in [2.24, 2.45) is 5.92 Å². The molecule has 1 aliphatic carbocycles. The number of rotatable bonds is 8. The molecule has 0 spiro atoms. The normalized spacial score (nSPS) is 13.3. The highest BCUT2D eigenvalue weighted by molar-refractivity contribution is 6.30. The minimum absolute atomic E-state index is 0.0650. The number of hydrogen-bond acceptors (Lipinski definition) is 4. The third-order valence-corrected chi connectivity index (χ3v) is 5.79. The van der Waals surface area contributed by atoms with Crippen molar-refractivity contribution in [1.29, 1.82) is 0 Å². The highest BCUT2D eigenvalue weighted by Gasteiger charge is 2.35. The van der Waals surface area contributed by atoms with E-state index in [1.165, 1.54) is 0 Å². The lowest BCUT2D eigenvalue weighted by atomic mass is 10.1. The van der Waals surface area contributed by atoms with Crippen LogP contribution in [0.1, 0.15) is 37.9 Å². The van der Waals surface area contributed by atoms with Crippen LogP contribution in [0.2, 0.25) is 5.02 Å². The molecule has 0 aliphatic heterocycles. The molecular weight excluding hydrogens is 426 g/mol. The number of ether oxygens (including phenoxy) is 2. The second kappa shape index (κ2) is 9.25. The molecule has 0 bridgehead atoms. The molecule has 6 nitrogen and oxygen atoms in total. The Balaban J connectivity index is 1.76. The van der Waals surface area contributed by atoms with Crippen molar-refractivity contribution in [3.63, 3.8) is 0 Å². The summed E-state index contributed by atoms with van der Waals surface area (Å²) in [4.78, 5) is 14.9. The Morgan fingerprint density at radius 3 is 2.47 bits per heavy atom. The van der Waals surface area contributed by atoms with Crippen LogP contribution in [0.3, 0.4) is 0 Å². The summed E-state index contributed by atoms with van der Waals surface area (Å²) in [7, 11) is 1.63. The molecule has 0 N–H and O–H groups in total. The number of halogens is 1. The smallest absolute Gasteiger partial charge is 0.227 e. The Bertz CT molecular complexity index is 1100. The van der Waals surface area contributed by atoms with Gasteiger partial charge in [-0.2, -0.15) is 5.10 Å². The average molecular weight is 454 g/mol. The zero-order chi connectivity index (χ0) is 22.8. The van der Waals surface area contributed by atoms with Crippen LogP contribution in [0.25, 0.3) is 5.69 Å². The number of carbonyl (C=O) groups is 1. The van der Waals surface area contributed by atoms with Gasteiger partial charge in [-0.15, -0.1) is 0 Å². The van der Waals surface area contributed by atoms with Gasteiger partial charge in [-0.3, -0.25) is 4.79 Å². The second-order valence-electron chi connectivity index (χ2n) is 8.39. The molecule has 0 unspecified atom stereocenters. The van der Waals surface area contributed by atoms with Crippen molar-refractivity contribution in [2.45, 2.75) is 46.2 Å². The molecule has 1 fully saturated rings. The van der Waals surface area contributed by atoms with Gasteiger partial charge in [0, 0.05) is 17.0 Å². The van der Waals surface area contributed by atoms with E-state index in [9.17, 15) is 4.79 Å². The molecular formula is C25H28ClN3O3. The lowest BCUT2D eigenvalue weighted by Gasteiger charge is -2.25. The summed E-state index contributed by atoms with van der Waals surface area (Å²) >= 11 is 6.25. The van der Waals surface area contributed by atoms with E-state index < -0.39 is 0 Å². The largest absolute Gasteiger partial charge is 0.497 e. The molecule has 1 aromatic heterocycles. The Morgan fingerprint density at radius 1 is 1.19 bits per heavy atom. The lowest BCUT2D eigenvalue weighted by molar-refractivity contribution is -0.135. The average Bonchev–Trinajstić information content (AvgIpc) is 3.57. The fourth-order valence-electron chi connectivity index (χ4n) is 3.64. The van der Waals surface area contributed by atoms with Crippen molar-refractivity contribution >= 4 is 17.5 Å². The van der Waals surface area contributed by atoms with Gasteiger partial charge < -0.3 is 14.4 Å². The monoisotopic (exact) mass is 453 g/mol. The fourth-order valence-corrected chi connectivity index (χ4v) is 3.82. The number of aromatic nitrogens is 2. The number of methoxy groups -OCH3 is 1. The van der Waals surface area contributed by atoms with Gasteiger partial charge in [-0.25, -0.2) is 4.68 Å². The van der Waals surface area contributed by atoms with Crippen LogP contribution in [0.15, 0.2) is 48.5 Å². The van der Waals surface area contributed by atoms with Crippen LogP contribution in [0.5, 0.6) is 17.4 Å². The predicted octanol–water partition coefficient (Wildman–Crippen LogP) is 5.78. The number of aryl methyl sites for hydroxylation is 1. The Kier molecular flexibility index (Phi) is 6.42. The molecule has 1 aliphatic rings. The first-order valence-corrected chi connectivity index (χ1v) is 11.2. The van der Waals surface area contributed by atoms with Crippen molar-refractivity contribution in [2.75, 3.05) is 7.11 Å². The maximum atomic E-state index is 12.9. The second-order valence-corrected chi connectivity index (χ2v) is 8.83. The van der Waals surface area contributed by atoms with Gasteiger partial charge in [0.1, 0.15) is 11.5 Å². The number of carbonyl (C=O) groups excluding carboxylic acids is 1. The van der Waals surface area contributed by atoms with E-state index >= 15 is 0 Å². The third-order valence-electron chi connectivity index (χ3n) is 5.56. The van der Waals surface area contributed by atoms with E-state index in [0.717, 1.165) is 35.5 Å². The van der Waals surface area contributed by atoms with Crippen molar-refractivity contribution in [3.05, 3.63) is 64.8 Å². The summed E-state index contributed by atoms with van der Waals surface area (Å²) in [6, 6.07) is 15.2. The van der Waals surface area contributed by atoms with E-state index in [-0.39, 0.29) is 17.9 Å². The molecule has 4 rings (SSSR count). The van der Waals surface area contributed by atoms with E-state index in [0.29, 0.717) is 23.2 Å². The highest BCUT2D eigenvalue weighted by Crippen LogP contribution is 2.36. The van der Waals surface area contributed by atoms with Crippen molar-refractivity contribution in [1.82, 2.24) is 14.7 Å². The zero-order valence-corrected chi connectivity index (χ0v) is 19.6.